The van der Waals surface area contributed by atoms with E-state index >= 15 is 0 Å². The molecular weight excluding hydrogens is 125 g/mol. The van der Waals surface area contributed by atoms with Crippen molar-refractivity contribution in [1.29, 1.82) is 0 Å². The molecule has 0 bridgehead atoms. The Morgan fingerprint density at radius 2 is 1.88 bits per heavy atom. The summed E-state index contributed by atoms with van der Waals surface area (Å²) in [5, 5.41) is 22.8. The molecule has 3 N–H and O–H groups in total. The summed E-state index contributed by atoms with van der Waals surface area (Å²) in [6.07, 6.45) is 0. The van der Waals surface area contributed by atoms with E-state index in [2.05, 4.69) is 0 Å². The molecule has 0 saturated carbocycles. The molecule has 0 unspecified atom stereocenters. The van der Waals surface area contributed by atoms with Gasteiger partial charge < -0.3 is 5.11 Å². The van der Waals surface area contributed by atoms with Gasteiger partial charge in [-0.15, -0.1) is 0 Å². The molecule has 0 aromatic carbocycles. The number of carboxylic acid groups (broad SMARTS) is 1. The zero-order valence-corrected chi connectivity index (χ0v) is 6.40. The zero-order valence-electron chi connectivity index (χ0n) is 4.40. The van der Waals surface area contributed by atoms with Crippen molar-refractivity contribution >= 4 is 5.97 Å². The van der Waals surface area contributed by atoms with Crippen molar-refractivity contribution in [2.24, 2.45) is 0 Å². The standard InChI is InChI=1S/C2H5NO4.Na/c4-2(5)1-3(6)7;/h6-7H,1H2,(H,4,5);/q;+1. The van der Waals surface area contributed by atoms with E-state index in [0.717, 1.165) is 0 Å². The van der Waals surface area contributed by atoms with Crippen LogP contribution in [0.3, 0.4) is 0 Å². The topological polar surface area (TPSA) is 81.0 Å². The first-order valence-corrected chi connectivity index (χ1v) is 1.50. The van der Waals surface area contributed by atoms with E-state index in [9.17, 15) is 4.79 Å². The van der Waals surface area contributed by atoms with Gasteiger partial charge in [0.1, 0.15) is 6.54 Å². The van der Waals surface area contributed by atoms with Gasteiger partial charge in [-0.2, -0.15) is 0 Å². The van der Waals surface area contributed by atoms with Crippen LogP contribution in [0.15, 0.2) is 0 Å². The fourth-order valence-electron chi connectivity index (χ4n) is 0.121. The first kappa shape index (κ1) is 11.2. The second-order valence-corrected chi connectivity index (χ2v) is 0.924. The van der Waals surface area contributed by atoms with Crippen LogP contribution in [-0.4, -0.2) is 33.3 Å². The number of carboxylic acids is 1. The Bertz CT molecular complexity index is 74.4. The summed E-state index contributed by atoms with van der Waals surface area (Å²) in [4.78, 5) is 9.45. The van der Waals surface area contributed by atoms with E-state index in [1.165, 1.54) is 0 Å². The quantitative estimate of drug-likeness (QED) is 0.263. The van der Waals surface area contributed by atoms with Gasteiger partial charge in [0, 0.05) is 0 Å². The minimum Gasteiger partial charge on any atom is -0.480 e. The fourth-order valence-corrected chi connectivity index (χ4v) is 0.121. The third-order valence-corrected chi connectivity index (χ3v) is 0.277. The predicted molar refractivity (Wildman–Crippen MR) is 17.9 cm³/mol. The Kier molecular flexibility index (Phi) is 7.67. The summed E-state index contributed by atoms with van der Waals surface area (Å²) in [5.74, 6) is -1.29. The maximum atomic E-state index is 9.45. The van der Waals surface area contributed by atoms with Crippen LogP contribution < -0.4 is 29.6 Å². The summed E-state index contributed by atoms with van der Waals surface area (Å²) < 4.78 is 0. The van der Waals surface area contributed by atoms with Gasteiger partial charge >= 0.3 is 35.5 Å². The summed E-state index contributed by atoms with van der Waals surface area (Å²) in [5.41, 5.74) is 0. The first-order valence-electron chi connectivity index (χ1n) is 1.50. The second-order valence-electron chi connectivity index (χ2n) is 0.924. The van der Waals surface area contributed by atoms with E-state index in [1.54, 1.807) is 0 Å². The Balaban J connectivity index is 0. The minimum atomic E-state index is -1.29. The van der Waals surface area contributed by atoms with Crippen LogP contribution in [0.5, 0.6) is 0 Å². The van der Waals surface area contributed by atoms with Gasteiger partial charge in [-0.25, -0.2) is 0 Å². The molecule has 0 rings (SSSR count). The monoisotopic (exact) mass is 130 g/mol. The summed E-state index contributed by atoms with van der Waals surface area (Å²) in [7, 11) is 0. The zero-order chi connectivity index (χ0) is 5.86. The van der Waals surface area contributed by atoms with Crippen molar-refractivity contribution < 1.29 is 49.9 Å². The summed E-state index contributed by atoms with van der Waals surface area (Å²) in [6, 6.07) is 0. The normalized spacial score (nSPS) is 8.38. The minimum absolute atomic E-state index is 0. The van der Waals surface area contributed by atoms with Gasteiger partial charge in [0.25, 0.3) is 0 Å². The average molecular weight is 130 g/mol. The van der Waals surface area contributed by atoms with Crippen molar-refractivity contribution in [2.45, 2.75) is 0 Å². The van der Waals surface area contributed by atoms with Gasteiger partial charge in [-0.3, -0.25) is 15.2 Å². The van der Waals surface area contributed by atoms with E-state index in [4.69, 9.17) is 15.5 Å². The maximum absolute atomic E-state index is 9.45. The fraction of sp³-hybridized carbons (Fsp3) is 0.500. The number of carbonyl (C=O) groups is 1. The van der Waals surface area contributed by atoms with Crippen LogP contribution >= 0.6 is 0 Å². The number of hydroxylamine groups is 2. The third kappa shape index (κ3) is 9.61. The van der Waals surface area contributed by atoms with Crippen molar-refractivity contribution in [1.82, 2.24) is 5.23 Å². The van der Waals surface area contributed by atoms with Gasteiger partial charge in [0.15, 0.2) is 0 Å². The van der Waals surface area contributed by atoms with Crippen molar-refractivity contribution in [3.63, 3.8) is 0 Å². The Morgan fingerprint density at radius 3 is 1.88 bits per heavy atom. The van der Waals surface area contributed by atoms with E-state index in [0.29, 0.717) is 0 Å². The van der Waals surface area contributed by atoms with Crippen LogP contribution in [0.4, 0.5) is 0 Å². The van der Waals surface area contributed by atoms with Crippen molar-refractivity contribution in [3.05, 3.63) is 0 Å². The number of hydrogen-bond acceptors (Lipinski definition) is 4. The largest absolute Gasteiger partial charge is 1.00 e. The molecule has 5 nitrogen and oxygen atoms in total. The van der Waals surface area contributed by atoms with E-state index in [-0.39, 0.29) is 29.6 Å². The molecule has 42 valence electrons. The smallest absolute Gasteiger partial charge is 0.480 e. The molecule has 0 amide bonds. The Hall–Kier alpha value is 0.350. The number of hydrogen-bond donors (Lipinski definition) is 3. The van der Waals surface area contributed by atoms with E-state index in [1.807, 2.05) is 0 Å². The van der Waals surface area contributed by atoms with Crippen LogP contribution in [0, 0.1) is 0 Å². The molecule has 6 heteroatoms. The predicted octanol–water partition coefficient (Wildman–Crippen LogP) is -3.84. The number of nitrogens with zero attached hydrogens (tertiary/aromatic N) is 1. The molecule has 0 fully saturated rings. The summed E-state index contributed by atoms with van der Waals surface area (Å²) in [6.45, 7) is -0.778. The SMILES string of the molecule is O=C(O)CN(O)O.[Na+]. The molecule has 0 aromatic rings. The van der Waals surface area contributed by atoms with E-state index < -0.39 is 17.7 Å². The molecule has 0 aliphatic rings. The molecule has 0 spiro atoms. The third-order valence-electron chi connectivity index (χ3n) is 0.277. The Labute approximate surface area is 67.7 Å². The molecule has 0 aliphatic heterocycles. The second kappa shape index (κ2) is 5.49. The van der Waals surface area contributed by atoms with Crippen LogP contribution in [0.1, 0.15) is 0 Å². The molecule has 0 aliphatic carbocycles. The van der Waals surface area contributed by atoms with Gasteiger partial charge in [-0.1, -0.05) is 5.23 Å². The molecule has 8 heavy (non-hydrogen) atoms. The van der Waals surface area contributed by atoms with Crippen LogP contribution in [0.25, 0.3) is 0 Å². The maximum Gasteiger partial charge on any atom is 1.00 e. The molecular formula is C2H5NNaO4+. The summed E-state index contributed by atoms with van der Waals surface area (Å²) >= 11 is 0. The van der Waals surface area contributed by atoms with Gasteiger partial charge in [0.2, 0.25) is 0 Å². The first-order chi connectivity index (χ1) is 3.13. The molecule has 0 radical (unpaired) electrons. The van der Waals surface area contributed by atoms with Crippen molar-refractivity contribution in [2.75, 3.05) is 6.54 Å². The van der Waals surface area contributed by atoms with Crippen LogP contribution in [-0.2, 0) is 4.79 Å². The van der Waals surface area contributed by atoms with Crippen molar-refractivity contribution in [3.8, 4) is 0 Å². The average Bonchev–Trinajstić information content (AvgIpc) is 1.27. The van der Waals surface area contributed by atoms with Crippen LogP contribution in [0.2, 0.25) is 0 Å². The van der Waals surface area contributed by atoms with Gasteiger partial charge in [0.05, 0.1) is 0 Å². The molecule has 0 aromatic heterocycles. The number of aliphatic carboxylic acids is 1. The van der Waals surface area contributed by atoms with Gasteiger partial charge in [-0.05, 0) is 0 Å². The molecule has 0 heterocycles. The number of rotatable bonds is 2. The molecule has 0 atom stereocenters. The molecule has 0 saturated heterocycles. The Morgan fingerprint density at radius 1 is 1.50 bits per heavy atom.